The topological polar surface area (TPSA) is 114 Å². The van der Waals surface area contributed by atoms with Crippen LogP contribution in [-0.4, -0.2) is 33.1 Å². The average Bonchev–Trinajstić information content (AvgIpc) is 2.69. The zero-order chi connectivity index (χ0) is 21.8. The van der Waals surface area contributed by atoms with Gasteiger partial charge in [0.05, 0.1) is 23.4 Å². The molecule has 1 aromatic heterocycles. The monoisotopic (exact) mass is 398 g/mol. The molecule has 2 atom stereocenters. The van der Waals surface area contributed by atoms with Gasteiger partial charge in [0.15, 0.2) is 6.10 Å². The van der Waals surface area contributed by atoms with Crippen LogP contribution in [0.4, 0.5) is 0 Å². The number of nitriles is 1. The smallest absolute Gasteiger partial charge is 0.307 e. The number of carbonyl (C=O) groups is 2. The first-order valence-corrected chi connectivity index (χ1v) is 9.46. The predicted octanol–water partition coefficient (Wildman–Crippen LogP) is 1.85. The van der Waals surface area contributed by atoms with Crippen LogP contribution in [0.15, 0.2) is 29.1 Å². The molecule has 0 aliphatic rings. The van der Waals surface area contributed by atoms with Gasteiger partial charge >= 0.3 is 5.97 Å². The normalized spacial score (nSPS) is 14.1. The molecule has 0 spiro atoms. The van der Waals surface area contributed by atoms with E-state index in [1.165, 1.54) is 6.92 Å². The third-order valence-corrected chi connectivity index (χ3v) is 5.11. The van der Waals surface area contributed by atoms with E-state index in [2.05, 4.69) is 16.4 Å². The van der Waals surface area contributed by atoms with Crippen LogP contribution in [0.1, 0.15) is 39.9 Å². The fraction of sp³-hybridized carbons (Fsp3) is 0.476. The van der Waals surface area contributed by atoms with E-state index in [0.717, 1.165) is 5.52 Å². The zero-order valence-corrected chi connectivity index (χ0v) is 17.4. The molecule has 1 aromatic carbocycles. The first kappa shape index (κ1) is 22.1. The van der Waals surface area contributed by atoms with Crippen LogP contribution in [0, 0.1) is 17.2 Å². The van der Waals surface area contributed by atoms with E-state index in [4.69, 9.17) is 4.74 Å². The van der Waals surface area contributed by atoms with Crippen LogP contribution in [0.3, 0.4) is 0 Å². The number of ether oxygens (including phenoxy) is 1. The Morgan fingerprint density at radius 3 is 2.59 bits per heavy atom. The van der Waals surface area contributed by atoms with E-state index >= 15 is 0 Å². The van der Waals surface area contributed by atoms with Gasteiger partial charge in [-0.2, -0.15) is 10.2 Å². The van der Waals surface area contributed by atoms with Gasteiger partial charge in [0.25, 0.3) is 11.5 Å². The molecule has 1 amide bonds. The third kappa shape index (κ3) is 4.99. The molecule has 0 aliphatic carbocycles. The molecule has 2 rings (SSSR count). The predicted molar refractivity (Wildman–Crippen MR) is 108 cm³/mol. The highest BCUT2D eigenvalue weighted by molar-refractivity contribution is 5.84. The summed E-state index contributed by atoms with van der Waals surface area (Å²) >= 11 is 0. The van der Waals surface area contributed by atoms with E-state index < -0.39 is 23.5 Å². The second-order valence-electron chi connectivity index (χ2n) is 7.50. The number of esters is 1. The fourth-order valence-corrected chi connectivity index (χ4v) is 2.74. The van der Waals surface area contributed by atoms with Crippen molar-refractivity contribution in [1.82, 2.24) is 14.9 Å². The van der Waals surface area contributed by atoms with Gasteiger partial charge in [-0.3, -0.25) is 14.4 Å². The molecular formula is C21H26N4O4. The number of amides is 1. The van der Waals surface area contributed by atoms with Crippen LogP contribution in [0.2, 0.25) is 0 Å². The van der Waals surface area contributed by atoms with E-state index in [1.54, 1.807) is 30.7 Å². The highest BCUT2D eigenvalue weighted by atomic mass is 16.5. The van der Waals surface area contributed by atoms with Crippen molar-refractivity contribution in [3.63, 3.8) is 0 Å². The summed E-state index contributed by atoms with van der Waals surface area (Å²) in [5.41, 5.74) is -0.669. The Bertz CT molecular complexity index is 1020. The highest BCUT2D eigenvalue weighted by Gasteiger charge is 2.32. The minimum atomic E-state index is -1.05. The van der Waals surface area contributed by atoms with Gasteiger partial charge in [-0.15, -0.1) is 0 Å². The Morgan fingerprint density at radius 2 is 1.97 bits per heavy atom. The summed E-state index contributed by atoms with van der Waals surface area (Å²) in [5.74, 6) is -0.773. The summed E-state index contributed by atoms with van der Waals surface area (Å²) in [5, 5.41) is 12.4. The van der Waals surface area contributed by atoms with Gasteiger partial charge in [-0.1, -0.05) is 26.0 Å². The Balaban J connectivity index is 2.01. The first-order valence-electron chi connectivity index (χ1n) is 9.46. The van der Waals surface area contributed by atoms with Gasteiger partial charge in [-0.25, -0.2) is 0 Å². The minimum absolute atomic E-state index is 0.0318. The standard InChI is InChI=1S/C21H26N4O4/c1-13(2)21(4,12-22)24-19(27)14(3)29-18(26)11-10-17-23-20(28)15-8-6-7-9-16(15)25(17)5/h6-9,13-14H,10-11H2,1-5H3,(H,24,27)/t14-,21+/m0/s1. The summed E-state index contributed by atoms with van der Waals surface area (Å²) in [6.07, 6.45) is -0.871. The highest BCUT2D eigenvalue weighted by Crippen LogP contribution is 2.16. The van der Waals surface area contributed by atoms with Crippen molar-refractivity contribution < 1.29 is 14.3 Å². The lowest BCUT2D eigenvalue weighted by atomic mass is 9.90. The van der Waals surface area contributed by atoms with E-state index in [9.17, 15) is 19.6 Å². The number of nitrogens with one attached hydrogen (secondary N) is 1. The average molecular weight is 398 g/mol. The molecule has 8 nitrogen and oxygen atoms in total. The molecule has 0 saturated carbocycles. The van der Waals surface area contributed by atoms with Gasteiger partial charge in [0.1, 0.15) is 11.4 Å². The molecule has 1 heterocycles. The largest absolute Gasteiger partial charge is 0.453 e. The van der Waals surface area contributed by atoms with Crippen molar-refractivity contribution in [2.24, 2.45) is 13.0 Å². The van der Waals surface area contributed by atoms with Crippen LogP contribution in [0.5, 0.6) is 0 Å². The Labute approximate surface area is 169 Å². The van der Waals surface area contributed by atoms with E-state index in [0.29, 0.717) is 11.2 Å². The summed E-state index contributed by atoms with van der Waals surface area (Å²) < 4.78 is 6.95. The minimum Gasteiger partial charge on any atom is -0.453 e. The summed E-state index contributed by atoms with van der Waals surface area (Å²) in [6.45, 7) is 6.72. The summed E-state index contributed by atoms with van der Waals surface area (Å²) in [6, 6.07) is 9.19. The number of aromatic nitrogens is 2. The number of hydrogen-bond donors (Lipinski definition) is 1. The molecule has 2 aromatic rings. The van der Waals surface area contributed by atoms with E-state index in [1.807, 2.05) is 26.0 Å². The molecule has 0 radical (unpaired) electrons. The molecule has 0 fully saturated rings. The Hall–Kier alpha value is -3.21. The molecule has 154 valence electrons. The number of nitrogens with zero attached hydrogens (tertiary/aromatic N) is 3. The number of rotatable bonds is 7. The Kier molecular flexibility index (Phi) is 6.75. The molecule has 1 N–H and O–H groups in total. The van der Waals surface area contributed by atoms with Crippen molar-refractivity contribution in [2.45, 2.75) is 52.2 Å². The van der Waals surface area contributed by atoms with Crippen LogP contribution < -0.4 is 10.9 Å². The van der Waals surface area contributed by atoms with Crippen LogP contribution in [0.25, 0.3) is 10.9 Å². The van der Waals surface area contributed by atoms with Crippen molar-refractivity contribution in [3.8, 4) is 6.07 Å². The third-order valence-electron chi connectivity index (χ3n) is 5.11. The zero-order valence-electron chi connectivity index (χ0n) is 17.4. The maximum atomic E-state index is 12.3. The molecule has 0 bridgehead atoms. The Morgan fingerprint density at radius 1 is 1.31 bits per heavy atom. The van der Waals surface area contributed by atoms with Crippen LogP contribution in [-0.2, 0) is 27.8 Å². The fourth-order valence-electron chi connectivity index (χ4n) is 2.74. The SMILES string of the molecule is CC(C)[C@@](C)(C#N)NC(=O)[C@H](C)OC(=O)CCc1nc(=O)c2ccccc2n1C. The van der Waals surface area contributed by atoms with Crippen molar-refractivity contribution in [1.29, 1.82) is 5.26 Å². The van der Waals surface area contributed by atoms with Gasteiger partial charge in [-0.05, 0) is 31.9 Å². The molecule has 8 heteroatoms. The molecule has 0 unspecified atom stereocenters. The van der Waals surface area contributed by atoms with Gasteiger partial charge < -0.3 is 14.6 Å². The molecule has 0 aliphatic heterocycles. The summed E-state index contributed by atoms with van der Waals surface area (Å²) in [4.78, 5) is 40.7. The number of carbonyl (C=O) groups excluding carboxylic acids is 2. The number of para-hydroxylation sites is 1. The van der Waals surface area contributed by atoms with Gasteiger partial charge in [0.2, 0.25) is 0 Å². The number of fused-ring (bicyclic) bond motifs is 1. The maximum absolute atomic E-state index is 12.3. The van der Waals surface area contributed by atoms with Crippen molar-refractivity contribution in [2.75, 3.05) is 0 Å². The molecule has 0 saturated heterocycles. The molecular weight excluding hydrogens is 372 g/mol. The van der Waals surface area contributed by atoms with Gasteiger partial charge in [0, 0.05) is 13.5 Å². The van der Waals surface area contributed by atoms with Crippen molar-refractivity contribution in [3.05, 3.63) is 40.4 Å². The van der Waals surface area contributed by atoms with E-state index in [-0.39, 0.29) is 24.3 Å². The quantitative estimate of drug-likeness (QED) is 0.712. The number of benzene rings is 1. The lowest BCUT2D eigenvalue weighted by Crippen LogP contribution is -2.52. The number of hydrogen-bond acceptors (Lipinski definition) is 6. The lowest BCUT2D eigenvalue weighted by Gasteiger charge is -2.28. The lowest BCUT2D eigenvalue weighted by molar-refractivity contribution is -0.155. The summed E-state index contributed by atoms with van der Waals surface area (Å²) in [7, 11) is 1.78. The number of aryl methyl sites for hydroxylation is 2. The second kappa shape index (κ2) is 8.86. The maximum Gasteiger partial charge on any atom is 0.307 e. The van der Waals surface area contributed by atoms with Crippen molar-refractivity contribution >= 4 is 22.8 Å². The second-order valence-corrected chi connectivity index (χ2v) is 7.50. The molecule has 29 heavy (non-hydrogen) atoms. The van der Waals surface area contributed by atoms with Crippen LogP contribution >= 0.6 is 0 Å². The first-order chi connectivity index (χ1) is 13.6.